The SMILES string of the molecule is C[C@@H]1CCC[C@H](n2cnc(-c3cc(Cl)cc4cnn(C)c34)cc2=O)c2cc(ccn2)-c2cc(F)ccc2NC1=O. The number of aromatic nitrogens is 5. The number of pyridine rings is 1. The van der Waals surface area contributed by atoms with Gasteiger partial charge >= 0.3 is 0 Å². The summed E-state index contributed by atoms with van der Waals surface area (Å²) >= 11 is 6.36. The Morgan fingerprint density at radius 3 is 2.70 bits per heavy atom. The summed E-state index contributed by atoms with van der Waals surface area (Å²) in [4.78, 5) is 35.8. The van der Waals surface area contributed by atoms with Crippen molar-refractivity contribution in [3.63, 3.8) is 0 Å². The molecule has 40 heavy (non-hydrogen) atoms. The fourth-order valence-corrected chi connectivity index (χ4v) is 5.60. The molecule has 4 heterocycles. The van der Waals surface area contributed by atoms with Gasteiger partial charge in [0.1, 0.15) is 5.82 Å². The maximum Gasteiger partial charge on any atom is 0.254 e. The number of carbonyl (C=O) groups is 1. The average molecular weight is 557 g/mol. The van der Waals surface area contributed by atoms with Crippen molar-refractivity contribution >= 4 is 34.1 Å². The first kappa shape index (κ1) is 25.9. The maximum absolute atomic E-state index is 14.3. The predicted molar refractivity (Wildman–Crippen MR) is 153 cm³/mol. The zero-order valence-corrected chi connectivity index (χ0v) is 22.7. The Labute approximate surface area is 234 Å². The Morgan fingerprint density at radius 1 is 1.02 bits per heavy atom. The van der Waals surface area contributed by atoms with E-state index in [0.717, 1.165) is 10.9 Å². The van der Waals surface area contributed by atoms with E-state index >= 15 is 0 Å². The van der Waals surface area contributed by atoms with Gasteiger partial charge in [-0.15, -0.1) is 0 Å². The van der Waals surface area contributed by atoms with Crippen LogP contribution in [0, 0.1) is 11.7 Å². The minimum Gasteiger partial charge on any atom is -0.325 e. The van der Waals surface area contributed by atoms with Gasteiger partial charge in [-0.25, -0.2) is 9.37 Å². The van der Waals surface area contributed by atoms with Gasteiger partial charge in [-0.3, -0.25) is 23.8 Å². The van der Waals surface area contributed by atoms with E-state index in [0.29, 0.717) is 58.1 Å². The molecule has 1 aliphatic heterocycles. The van der Waals surface area contributed by atoms with E-state index in [2.05, 4.69) is 20.4 Å². The predicted octanol–water partition coefficient (Wildman–Crippen LogP) is 6.00. The van der Waals surface area contributed by atoms with Crippen LogP contribution in [0.15, 0.2) is 72.0 Å². The van der Waals surface area contributed by atoms with Crippen LogP contribution >= 0.6 is 11.6 Å². The van der Waals surface area contributed by atoms with Gasteiger partial charge in [0.05, 0.1) is 35.5 Å². The number of aryl methyl sites for hydroxylation is 1. The van der Waals surface area contributed by atoms with Gasteiger partial charge in [0.2, 0.25) is 5.91 Å². The first-order chi connectivity index (χ1) is 19.3. The van der Waals surface area contributed by atoms with Crippen LogP contribution in [0.1, 0.15) is 37.9 Å². The second kappa shape index (κ2) is 10.3. The molecule has 0 radical (unpaired) electrons. The number of nitrogens with zero attached hydrogens (tertiary/aromatic N) is 5. The quantitative estimate of drug-likeness (QED) is 0.288. The van der Waals surface area contributed by atoms with Crippen molar-refractivity contribution < 1.29 is 9.18 Å². The molecule has 2 atom stereocenters. The third-order valence-corrected chi connectivity index (χ3v) is 7.70. The molecule has 1 amide bonds. The van der Waals surface area contributed by atoms with E-state index in [1.807, 2.05) is 26.1 Å². The van der Waals surface area contributed by atoms with E-state index in [4.69, 9.17) is 11.6 Å². The highest BCUT2D eigenvalue weighted by Crippen LogP contribution is 2.34. The monoisotopic (exact) mass is 556 g/mol. The van der Waals surface area contributed by atoms with Crippen molar-refractivity contribution in [2.75, 3.05) is 5.32 Å². The van der Waals surface area contributed by atoms with Crippen LogP contribution in [0.5, 0.6) is 0 Å². The summed E-state index contributed by atoms with van der Waals surface area (Å²) < 4.78 is 17.6. The summed E-state index contributed by atoms with van der Waals surface area (Å²) in [7, 11) is 1.83. The van der Waals surface area contributed by atoms with Gasteiger partial charge in [0, 0.05) is 52.5 Å². The highest BCUT2D eigenvalue weighted by molar-refractivity contribution is 6.31. The lowest BCUT2D eigenvalue weighted by molar-refractivity contribution is -0.119. The van der Waals surface area contributed by atoms with E-state index < -0.39 is 11.9 Å². The Hall–Kier alpha value is -4.37. The number of hydrogen-bond acceptors (Lipinski definition) is 5. The van der Waals surface area contributed by atoms with Gasteiger partial charge in [0.25, 0.3) is 5.56 Å². The number of nitrogens with one attached hydrogen (secondary N) is 1. The molecule has 2 aromatic carbocycles. The average Bonchev–Trinajstić information content (AvgIpc) is 3.31. The van der Waals surface area contributed by atoms with Gasteiger partial charge < -0.3 is 5.32 Å². The molecular formula is C30H26ClFN6O2. The Bertz CT molecular complexity index is 1830. The second-order valence-electron chi connectivity index (χ2n) is 10.2. The summed E-state index contributed by atoms with van der Waals surface area (Å²) in [6.07, 6.45) is 6.75. The van der Waals surface area contributed by atoms with Gasteiger partial charge in [0.15, 0.2) is 0 Å². The molecule has 0 fully saturated rings. The molecule has 0 spiro atoms. The third kappa shape index (κ3) is 4.77. The van der Waals surface area contributed by atoms with Gasteiger partial charge in [-0.05, 0) is 60.9 Å². The molecule has 5 aromatic rings. The van der Waals surface area contributed by atoms with Crippen molar-refractivity contribution in [2.24, 2.45) is 13.0 Å². The highest BCUT2D eigenvalue weighted by atomic mass is 35.5. The third-order valence-electron chi connectivity index (χ3n) is 7.48. The zero-order valence-electron chi connectivity index (χ0n) is 21.9. The molecule has 10 heteroatoms. The minimum atomic E-state index is -0.434. The lowest BCUT2D eigenvalue weighted by Gasteiger charge is -2.23. The van der Waals surface area contributed by atoms with Crippen molar-refractivity contribution in [3.05, 3.63) is 94.1 Å². The number of halogens is 2. The normalized spacial score (nSPS) is 17.6. The van der Waals surface area contributed by atoms with Crippen LogP contribution < -0.4 is 10.9 Å². The molecule has 2 bridgehead atoms. The number of fused-ring (bicyclic) bond motifs is 5. The summed E-state index contributed by atoms with van der Waals surface area (Å²) in [6.45, 7) is 1.86. The molecule has 0 aliphatic carbocycles. The summed E-state index contributed by atoms with van der Waals surface area (Å²) in [5, 5.41) is 8.65. The Kier molecular flexibility index (Phi) is 6.67. The largest absolute Gasteiger partial charge is 0.325 e. The molecule has 1 N–H and O–H groups in total. The molecule has 3 aromatic heterocycles. The first-order valence-electron chi connectivity index (χ1n) is 13.0. The fraction of sp³-hybridized carbons (Fsp3) is 0.233. The van der Waals surface area contributed by atoms with E-state index in [1.54, 1.807) is 39.8 Å². The lowest BCUT2D eigenvalue weighted by atomic mass is 9.95. The van der Waals surface area contributed by atoms with E-state index in [1.165, 1.54) is 24.5 Å². The second-order valence-corrected chi connectivity index (χ2v) is 10.6. The Balaban J connectivity index is 1.46. The van der Waals surface area contributed by atoms with E-state index in [9.17, 15) is 14.0 Å². The summed E-state index contributed by atoms with van der Waals surface area (Å²) in [5.41, 5.74) is 4.19. The molecular weight excluding hydrogens is 531 g/mol. The van der Waals surface area contributed by atoms with Gasteiger partial charge in [-0.1, -0.05) is 24.9 Å². The van der Waals surface area contributed by atoms with Crippen molar-refractivity contribution in [1.82, 2.24) is 24.3 Å². The maximum atomic E-state index is 14.3. The highest BCUT2D eigenvalue weighted by Gasteiger charge is 2.23. The molecule has 0 saturated heterocycles. The lowest BCUT2D eigenvalue weighted by Crippen LogP contribution is -2.27. The molecule has 6 rings (SSSR count). The van der Waals surface area contributed by atoms with Crippen LogP contribution in [0.25, 0.3) is 33.3 Å². The molecule has 8 nitrogen and oxygen atoms in total. The molecule has 202 valence electrons. The standard InChI is InChI=1S/C30H26ClFN6O2/c1-17-4-3-5-27(26-11-18(8-9-33-26)22-13-21(32)6-7-24(22)36-30(17)40)38-16-34-25(14-28(38)39)23-12-20(31)10-19-15-35-37(2)29(19)23/h6-17,27H,3-5H2,1-2H3,(H,36,40)/t17-,27+/m1/s1. The number of rotatable bonds is 2. The number of benzene rings is 2. The number of carbonyl (C=O) groups excluding carboxylic acids is 1. The van der Waals surface area contributed by atoms with Crippen LogP contribution in [0.3, 0.4) is 0 Å². The first-order valence-corrected chi connectivity index (χ1v) is 13.4. The van der Waals surface area contributed by atoms with Crippen molar-refractivity contribution in [1.29, 1.82) is 0 Å². The molecule has 0 unspecified atom stereocenters. The number of hydrogen-bond donors (Lipinski definition) is 1. The summed E-state index contributed by atoms with van der Waals surface area (Å²) in [5.74, 6) is -0.821. The topological polar surface area (TPSA) is 94.7 Å². The number of anilines is 1. The van der Waals surface area contributed by atoms with Crippen LogP contribution in [-0.4, -0.2) is 30.2 Å². The van der Waals surface area contributed by atoms with Crippen molar-refractivity contribution in [2.45, 2.75) is 32.2 Å². The smallest absolute Gasteiger partial charge is 0.254 e. The Morgan fingerprint density at radius 2 is 1.88 bits per heavy atom. The molecule has 1 aliphatic rings. The fourth-order valence-electron chi connectivity index (χ4n) is 5.37. The minimum absolute atomic E-state index is 0.134. The van der Waals surface area contributed by atoms with Crippen LogP contribution in [-0.2, 0) is 11.8 Å². The summed E-state index contributed by atoms with van der Waals surface area (Å²) in [6, 6.07) is 12.6. The van der Waals surface area contributed by atoms with E-state index in [-0.39, 0.29) is 17.4 Å². The number of amides is 1. The van der Waals surface area contributed by atoms with Crippen LogP contribution in [0.2, 0.25) is 5.02 Å². The van der Waals surface area contributed by atoms with Crippen molar-refractivity contribution in [3.8, 4) is 22.4 Å². The van der Waals surface area contributed by atoms with Gasteiger partial charge in [-0.2, -0.15) is 5.10 Å². The van der Waals surface area contributed by atoms with Crippen LogP contribution in [0.4, 0.5) is 10.1 Å². The molecule has 0 saturated carbocycles. The zero-order chi connectivity index (χ0) is 28.0.